The molecular formula is C21H21F3N4O2S2. The second-order valence-corrected chi connectivity index (χ2v) is 9.25. The number of ether oxygens (including phenoxy) is 1. The van der Waals surface area contributed by atoms with Gasteiger partial charge in [-0.3, -0.25) is 9.36 Å². The van der Waals surface area contributed by atoms with Crippen LogP contribution in [-0.2, 0) is 17.5 Å². The van der Waals surface area contributed by atoms with Gasteiger partial charge in [-0.05, 0) is 55.0 Å². The maximum absolute atomic E-state index is 13.3. The van der Waals surface area contributed by atoms with Crippen molar-refractivity contribution in [2.24, 2.45) is 0 Å². The molecule has 3 aromatic rings. The molecule has 1 saturated heterocycles. The summed E-state index contributed by atoms with van der Waals surface area (Å²) < 4.78 is 47.1. The number of aromatic nitrogens is 3. The smallest absolute Gasteiger partial charge is 0.377 e. The number of carbonyl (C=O) groups is 1. The first-order chi connectivity index (χ1) is 15.3. The molecule has 11 heteroatoms. The van der Waals surface area contributed by atoms with Gasteiger partial charge in [-0.15, -0.1) is 21.5 Å². The summed E-state index contributed by atoms with van der Waals surface area (Å²) in [5.74, 6) is 0.712. The molecule has 0 radical (unpaired) electrons. The average molecular weight is 483 g/mol. The number of aryl methyl sites for hydroxylation is 1. The zero-order valence-corrected chi connectivity index (χ0v) is 18.8. The maximum Gasteiger partial charge on any atom is 0.416 e. The molecule has 170 valence electrons. The van der Waals surface area contributed by atoms with Gasteiger partial charge in [0.15, 0.2) is 11.0 Å². The molecule has 1 amide bonds. The number of hydrogen-bond donors (Lipinski definition) is 1. The summed E-state index contributed by atoms with van der Waals surface area (Å²) >= 11 is 2.71. The van der Waals surface area contributed by atoms with Crippen LogP contribution < -0.4 is 5.32 Å². The van der Waals surface area contributed by atoms with Crippen molar-refractivity contribution in [1.29, 1.82) is 0 Å². The number of halogens is 3. The van der Waals surface area contributed by atoms with E-state index < -0.39 is 11.7 Å². The molecule has 1 atom stereocenters. The summed E-state index contributed by atoms with van der Waals surface area (Å²) in [7, 11) is 0. The van der Waals surface area contributed by atoms with Gasteiger partial charge in [0.1, 0.15) is 0 Å². The fourth-order valence-electron chi connectivity index (χ4n) is 3.38. The largest absolute Gasteiger partial charge is 0.416 e. The number of benzene rings is 1. The molecular weight excluding hydrogens is 461 g/mol. The molecule has 32 heavy (non-hydrogen) atoms. The van der Waals surface area contributed by atoms with Crippen LogP contribution in [0.15, 0.2) is 40.9 Å². The van der Waals surface area contributed by atoms with Gasteiger partial charge in [-0.1, -0.05) is 17.8 Å². The van der Waals surface area contributed by atoms with E-state index in [4.69, 9.17) is 4.74 Å². The van der Waals surface area contributed by atoms with Gasteiger partial charge < -0.3 is 10.1 Å². The van der Waals surface area contributed by atoms with Crippen molar-refractivity contribution < 1.29 is 22.7 Å². The molecule has 1 aromatic carbocycles. The second-order valence-electron chi connectivity index (χ2n) is 7.34. The number of nitrogens with one attached hydrogen (secondary N) is 1. The highest BCUT2D eigenvalue weighted by Crippen LogP contribution is 2.32. The molecule has 6 nitrogen and oxygen atoms in total. The summed E-state index contributed by atoms with van der Waals surface area (Å²) in [4.78, 5) is 13.1. The lowest BCUT2D eigenvalue weighted by atomic mass is 10.2. The monoisotopic (exact) mass is 482 g/mol. The van der Waals surface area contributed by atoms with Gasteiger partial charge >= 0.3 is 6.18 Å². The summed E-state index contributed by atoms with van der Waals surface area (Å²) in [5, 5.41) is 13.4. The van der Waals surface area contributed by atoms with Crippen molar-refractivity contribution in [3.63, 3.8) is 0 Å². The van der Waals surface area contributed by atoms with Crippen LogP contribution >= 0.6 is 23.1 Å². The molecule has 0 aliphatic carbocycles. The van der Waals surface area contributed by atoms with Crippen LogP contribution in [-0.4, -0.2) is 39.1 Å². The van der Waals surface area contributed by atoms with E-state index in [1.165, 1.54) is 29.2 Å². The van der Waals surface area contributed by atoms with Crippen molar-refractivity contribution in [2.75, 3.05) is 12.4 Å². The number of hydrogen-bond acceptors (Lipinski definition) is 6. The number of thioether (sulfide) groups is 1. The first-order valence-corrected chi connectivity index (χ1v) is 11.9. The average Bonchev–Trinajstić information content (AvgIpc) is 3.51. The fraction of sp³-hybridized carbons (Fsp3) is 0.381. The lowest BCUT2D eigenvalue weighted by molar-refractivity contribution is -0.137. The van der Waals surface area contributed by atoms with E-state index in [1.54, 1.807) is 10.6 Å². The minimum atomic E-state index is -4.47. The van der Waals surface area contributed by atoms with Crippen LogP contribution in [0.3, 0.4) is 0 Å². The molecule has 0 unspecified atom stereocenters. The molecule has 0 spiro atoms. The van der Waals surface area contributed by atoms with E-state index in [1.807, 2.05) is 18.4 Å². The van der Waals surface area contributed by atoms with Crippen LogP contribution in [0, 0.1) is 6.92 Å². The third-order valence-electron chi connectivity index (χ3n) is 5.03. The minimum Gasteiger partial charge on any atom is -0.377 e. The Morgan fingerprint density at radius 3 is 2.88 bits per heavy atom. The van der Waals surface area contributed by atoms with Crippen molar-refractivity contribution in [3.8, 4) is 5.69 Å². The van der Waals surface area contributed by atoms with E-state index in [9.17, 15) is 18.0 Å². The molecule has 1 aliphatic heterocycles. The zero-order valence-electron chi connectivity index (χ0n) is 17.2. The number of amides is 1. The van der Waals surface area contributed by atoms with Gasteiger partial charge in [-0.25, -0.2) is 0 Å². The molecule has 0 saturated carbocycles. The number of carbonyl (C=O) groups excluding carboxylic acids is 1. The van der Waals surface area contributed by atoms with Crippen LogP contribution in [0.5, 0.6) is 0 Å². The zero-order chi connectivity index (χ0) is 22.7. The second kappa shape index (κ2) is 9.63. The van der Waals surface area contributed by atoms with Crippen LogP contribution in [0.1, 0.15) is 39.5 Å². The topological polar surface area (TPSA) is 69.0 Å². The molecule has 1 fully saturated rings. The molecule has 1 aliphatic rings. The number of thiophene rings is 1. The Labute approximate surface area is 191 Å². The Hall–Kier alpha value is -2.37. The van der Waals surface area contributed by atoms with Gasteiger partial charge in [0.2, 0.25) is 0 Å². The predicted molar refractivity (Wildman–Crippen MR) is 116 cm³/mol. The summed E-state index contributed by atoms with van der Waals surface area (Å²) in [6.45, 7) is 2.58. The predicted octanol–water partition coefficient (Wildman–Crippen LogP) is 4.86. The molecule has 2 aromatic heterocycles. The van der Waals surface area contributed by atoms with Crippen LogP contribution in [0.25, 0.3) is 5.69 Å². The molecule has 1 N–H and O–H groups in total. The Balaban J connectivity index is 1.61. The number of nitrogens with zero attached hydrogens (tertiary/aromatic N) is 3. The first-order valence-electron chi connectivity index (χ1n) is 10.0. The Morgan fingerprint density at radius 2 is 2.19 bits per heavy atom. The van der Waals surface area contributed by atoms with Crippen LogP contribution in [0.4, 0.5) is 13.2 Å². The van der Waals surface area contributed by atoms with Crippen molar-refractivity contribution in [2.45, 2.75) is 43.7 Å². The van der Waals surface area contributed by atoms with Crippen molar-refractivity contribution >= 4 is 29.0 Å². The highest BCUT2D eigenvalue weighted by atomic mass is 32.2. The van der Waals surface area contributed by atoms with E-state index >= 15 is 0 Å². The normalized spacial score (nSPS) is 16.4. The summed E-state index contributed by atoms with van der Waals surface area (Å²) in [6, 6.07) is 6.86. The fourth-order valence-corrected chi connectivity index (χ4v) is 5.25. The molecule has 4 rings (SSSR count). The van der Waals surface area contributed by atoms with E-state index in [0.29, 0.717) is 28.2 Å². The quantitative estimate of drug-likeness (QED) is 0.487. The lowest BCUT2D eigenvalue weighted by Crippen LogP contribution is -2.24. The maximum atomic E-state index is 13.3. The highest BCUT2D eigenvalue weighted by molar-refractivity contribution is 7.99. The van der Waals surface area contributed by atoms with E-state index in [2.05, 4.69) is 15.5 Å². The summed E-state index contributed by atoms with van der Waals surface area (Å²) in [5.41, 5.74) is 0.388. The van der Waals surface area contributed by atoms with Gasteiger partial charge in [0, 0.05) is 12.4 Å². The van der Waals surface area contributed by atoms with E-state index in [0.717, 1.165) is 30.5 Å². The van der Waals surface area contributed by atoms with E-state index in [-0.39, 0.29) is 24.2 Å². The minimum absolute atomic E-state index is 0.0277. The van der Waals surface area contributed by atoms with Gasteiger partial charge in [0.05, 0.1) is 28.8 Å². The Bertz CT molecular complexity index is 1090. The van der Waals surface area contributed by atoms with Gasteiger partial charge in [0.25, 0.3) is 5.91 Å². The highest BCUT2D eigenvalue weighted by Gasteiger charge is 2.31. The third-order valence-corrected chi connectivity index (χ3v) is 7.11. The Kier molecular flexibility index (Phi) is 6.87. The number of rotatable bonds is 7. The molecule has 0 bridgehead atoms. The Morgan fingerprint density at radius 1 is 1.34 bits per heavy atom. The van der Waals surface area contributed by atoms with Crippen molar-refractivity contribution in [1.82, 2.24) is 20.1 Å². The lowest BCUT2D eigenvalue weighted by Gasteiger charge is -2.14. The SMILES string of the molecule is Cc1ccsc1C(=O)NCc1nnc(SC[C@@H]2CCCO2)n1-c1cccc(C(F)(F)F)c1. The summed E-state index contributed by atoms with van der Waals surface area (Å²) in [6.07, 6.45) is -2.46. The van der Waals surface area contributed by atoms with Crippen molar-refractivity contribution in [3.05, 3.63) is 57.5 Å². The third kappa shape index (κ3) is 5.16. The van der Waals surface area contributed by atoms with Crippen LogP contribution in [0.2, 0.25) is 0 Å². The molecule has 3 heterocycles. The standard InChI is InChI=1S/C21H21F3N4O2S2/c1-13-7-9-31-18(13)19(29)25-11-17-26-27-20(32-12-16-6-3-8-30-16)28(17)15-5-2-4-14(10-15)21(22,23)24/h2,4-5,7,9-10,16H,3,6,8,11-12H2,1H3,(H,25,29)/t16-/m0/s1. The first kappa shape index (κ1) is 22.8. The number of alkyl halides is 3. The van der Waals surface area contributed by atoms with Gasteiger partial charge in [-0.2, -0.15) is 13.2 Å².